The molecule has 1 aliphatic rings. The number of cyclic esters (lactones) is 3. The van der Waals surface area contributed by atoms with Crippen LogP contribution in [0, 0.1) is 29.6 Å². The molecular weight excluding hydrogens is 622 g/mol. The van der Waals surface area contributed by atoms with Crippen LogP contribution in [-0.2, 0) is 43.0 Å². The molecule has 0 radical (unpaired) electrons. The lowest BCUT2D eigenvalue weighted by molar-refractivity contribution is -0.188. The lowest BCUT2D eigenvalue weighted by atomic mass is 9.92. The molecule has 1 N–H and O–H groups in total. The highest BCUT2D eigenvalue weighted by atomic mass is 16.6. The fraction of sp³-hybridized carbons (Fsp3) is 0.829. The van der Waals surface area contributed by atoms with Gasteiger partial charge in [0.1, 0.15) is 23.7 Å². The summed E-state index contributed by atoms with van der Waals surface area (Å²) in [5, 5.41) is 11.3. The van der Waals surface area contributed by atoms with Crippen molar-refractivity contribution in [2.75, 3.05) is 21.1 Å². The Morgan fingerprint density at radius 2 is 0.917 bits per heavy atom. The normalized spacial score (nSPS) is 28.4. The number of nitrogens with zero attached hydrogens (tertiary/aromatic N) is 3. The molecule has 3 amide bonds. The molecular formula is C35H61N3O10. The molecule has 1 unspecified atom stereocenters. The molecule has 1 rings (SSSR count). The van der Waals surface area contributed by atoms with Gasteiger partial charge in [-0.1, -0.05) is 76.2 Å². The van der Waals surface area contributed by atoms with E-state index in [2.05, 4.69) is 0 Å². The summed E-state index contributed by atoms with van der Waals surface area (Å²) < 4.78 is 17.5. The predicted octanol–water partition coefficient (Wildman–Crippen LogP) is 3.05. The minimum absolute atomic E-state index is 0.00174. The van der Waals surface area contributed by atoms with Gasteiger partial charge in [-0.2, -0.15) is 0 Å². The quantitative estimate of drug-likeness (QED) is 0.298. The highest BCUT2D eigenvalue weighted by Gasteiger charge is 2.48. The maximum absolute atomic E-state index is 14.1. The van der Waals surface area contributed by atoms with E-state index in [0.29, 0.717) is 6.42 Å². The lowest BCUT2D eigenvalue weighted by Crippen LogP contribution is -2.60. The van der Waals surface area contributed by atoms with Crippen LogP contribution >= 0.6 is 0 Å². The molecule has 1 heterocycles. The van der Waals surface area contributed by atoms with Gasteiger partial charge in [-0.25, -0.2) is 14.4 Å². The molecule has 0 aliphatic carbocycles. The molecule has 0 aromatic heterocycles. The number of esters is 3. The first kappa shape index (κ1) is 42.8. The largest absolute Gasteiger partial charge is 0.450 e. The van der Waals surface area contributed by atoms with Crippen molar-refractivity contribution in [3.05, 3.63) is 0 Å². The molecule has 276 valence electrons. The Balaban J connectivity index is 4.07. The van der Waals surface area contributed by atoms with E-state index >= 15 is 0 Å². The number of amides is 3. The smallest absolute Gasteiger partial charge is 0.330 e. The van der Waals surface area contributed by atoms with E-state index in [0.717, 1.165) is 9.80 Å². The Labute approximate surface area is 287 Å². The Morgan fingerprint density at radius 3 is 1.25 bits per heavy atom. The second-order valence-electron chi connectivity index (χ2n) is 14.8. The van der Waals surface area contributed by atoms with Crippen LogP contribution in [0.2, 0.25) is 0 Å². The first-order valence-electron chi connectivity index (χ1n) is 17.1. The zero-order chi connectivity index (χ0) is 37.6. The molecule has 0 saturated carbocycles. The molecule has 0 bridgehead atoms. The molecule has 1 fully saturated rings. The summed E-state index contributed by atoms with van der Waals surface area (Å²) in [6.45, 7) is 20.1. The summed E-state index contributed by atoms with van der Waals surface area (Å²) in [6, 6.07) is -3.62. The summed E-state index contributed by atoms with van der Waals surface area (Å²) in [6.07, 6.45) is -3.97. The van der Waals surface area contributed by atoms with Crippen molar-refractivity contribution in [1.82, 2.24) is 14.7 Å². The fourth-order valence-corrected chi connectivity index (χ4v) is 5.93. The molecule has 0 aromatic rings. The number of hydrogen-bond acceptors (Lipinski definition) is 10. The van der Waals surface area contributed by atoms with Gasteiger partial charge in [-0.15, -0.1) is 0 Å². The second kappa shape index (κ2) is 17.4. The predicted molar refractivity (Wildman–Crippen MR) is 179 cm³/mol. The maximum atomic E-state index is 14.1. The van der Waals surface area contributed by atoms with Gasteiger partial charge in [0.25, 0.3) is 17.7 Å². The average molecular weight is 684 g/mol. The van der Waals surface area contributed by atoms with Gasteiger partial charge in [0, 0.05) is 27.1 Å². The fourth-order valence-electron chi connectivity index (χ4n) is 5.93. The highest BCUT2D eigenvalue weighted by Crippen LogP contribution is 2.27. The van der Waals surface area contributed by atoms with Gasteiger partial charge in [-0.3, -0.25) is 14.4 Å². The van der Waals surface area contributed by atoms with Crippen molar-refractivity contribution >= 4 is 35.6 Å². The molecule has 13 heteroatoms. The monoisotopic (exact) mass is 683 g/mol. The third-order valence-corrected chi connectivity index (χ3v) is 9.39. The van der Waals surface area contributed by atoms with Crippen LogP contribution in [0.1, 0.15) is 95.9 Å². The van der Waals surface area contributed by atoms with E-state index in [4.69, 9.17) is 14.2 Å². The SMILES string of the molecule is CCC(C)[C@H]1OC(=O)[C@H](C(C)C)N(C)C(=O)[C@@H]([C@](C)(O)CC)OC(=O)[C@H](C(C)C)N(C)C(=O)[C@@H](C(C)C)OC(=O)[C@H](C(C)C)N(C)C1=O. The van der Waals surface area contributed by atoms with E-state index in [-0.39, 0.29) is 6.42 Å². The van der Waals surface area contributed by atoms with Crippen LogP contribution in [0.25, 0.3) is 0 Å². The number of carbonyl (C=O) groups is 6. The van der Waals surface area contributed by atoms with Crippen LogP contribution in [0.15, 0.2) is 0 Å². The van der Waals surface area contributed by atoms with Gasteiger partial charge in [0.2, 0.25) is 6.10 Å². The Bertz CT molecular complexity index is 1170. The summed E-state index contributed by atoms with van der Waals surface area (Å²) in [7, 11) is 4.15. The Hall–Kier alpha value is -3.22. The minimum atomic E-state index is -1.86. The first-order valence-corrected chi connectivity index (χ1v) is 17.1. The zero-order valence-electron chi connectivity index (χ0n) is 31.7. The summed E-state index contributed by atoms with van der Waals surface area (Å²) in [4.78, 5) is 87.2. The Kier molecular flexibility index (Phi) is 15.6. The maximum Gasteiger partial charge on any atom is 0.330 e. The van der Waals surface area contributed by atoms with E-state index in [1.54, 1.807) is 69.2 Å². The minimum Gasteiger partial charge on any atom is -0.450 e. The van der Waals surface area contributed by atoms with E-state index < -0.39 is 107 Å². The number of hydrogen-bond donors (Lipinski definition) is 1. The zero-order valence-corrected chi connectivity index (χ0v) is 31.7. The standard InChI is InChI=1S/C35H61N3O10/c1-16-22(11)27-30(40)37(14)23(18(3)4)32(42)46-26(21(9)10)29(39)36(13)25(20(7)8)34(44)48-28(35(12,45)17-2)31(41)38(15)24(19(5)6)33(43)47-27/h18-28,45H,16-17H2,1-15H3/t22?,23-,24-,25-,26+,27+,28-,35+/m0/s1. The van der Waals surface area contributed by atoms with Gasteiger partial charge >= 0.3 is 17.9 Å². The van der Waals surface area contributed by atoms with Gasteiger partial charge in [-0.05, 0) is 43.4 Å². The third-order valence-electron chi connectivity index (χ3n) is 9.39. The number of aliphatic hydroxyl groups is 1. The van der Waals surface area contributed by atoms with Crippen molar-refractivity contribution in [3.8, 4) is 0 Å². The summed E-state index contributed by atoms with van der Waals surface area (Å²) in [5.41, 5.74) is -1.86. The number of carbonyl (C=O) groups excluding carboxylic acids is 6. The van der Waals surface area contributed by atoms with Gasteiger partial charge in [0.05, 0.1) is 0 Å². The van der Waals surface area contributed by atoms with E-state index in [9.17, 15) is 33.9 Å². The van der Waals surface area contributed by atoms with Crippen molar-refractivity contribution in [2.45, 2.75) is 138 Å². The van der Waals surface area contributed by atoms with E-state index in [1.807, 2.05) is 6.92 Å². The number of ether oxygens (including phenoxy) is 3. The molecule has 13 nitrogen and oxygen atoms in total. The lowest BCUT2D eigenvalue weighted by Gasteiger charge is -2.40. The van der Waals surface area contributed by atoms with Gasteiger partial charge in [0.15, 0.2) is 12.2 Å². The first-order chi connectivity index (χ1) is 22.0. The average Bonchev–Trinajstić information content (AvgIpc) is 2.98. The van der Waals surface area contributed by atoms with Crippen LogP contribution in [0.4, 0.5) is 0 Å². The van der Waals surface area contributed by atoms with Crippen LogP contribution in [-0.4, -0.2) is 119 Å². The van der Waals surface area contributed by atoms with Crippen LogP contribution in [0.5, 0.6) is 0 Å². The molecule has 0 spiro atoms. The third kappa shape index (κ3) is 9.69. The van der Waals surface area contributed by atoms with Crippen molar-refractivity contribution in [1.29, 1.82) is 0 Å². The van der Waals surface area contributed by atoms with E-state index in [1.165, 1.54) is 33.0 Å². The molecule has 48 heavy (non-hydrogen) atoms. The molecule has 1 saturated heterocycles. The topological polar surface area (TPSA) is 160 Å². The second-order valence-corrected chi connectivity index (χ2v) is 14.8. The van der Waals surface area contributed by atoms with Crippen LogP contribution in [0.3, 0.4) is 0 Å². The highest BCUT2D eigenvalue weighted by molar-refractivity contribution is 5.94. The van der Waals surface area contributed by atoms with Gasteiger partial charge < -0.3 is 34.0 Å². The van der Waals surface area contributed by atoms with Crippen molar-refractivity contribution in [2.24, 2.45) is 29.6 Å². The summed E-state index contributed by atoms with van der Waals surface area (Å²) in [5.74, 6) is -7.36. The Morgan fingerprint density at radius 1 is 0.583 bits per heavy atom. The van der Waals surface area contributed by atoms with Crippen molar-refractivity contribution in [3.63, 3.8) is 0 Å². The van der Waals surface area contributed by atoms with Crippen LogP contribution < -0.4 is 0 Å². The molecule has 0 aromatic carbocycles. The van der Waals surface area contributed by atoms with Crippen molar-refractivity contribution < 1.29 is 48.1 Å². The molecule has 1 aliphatic heterocycles. The molecule has 8 atom stereocenters. The summed E-state index contributed by atoms with van der Waals surface area (Å²) >= 11 is 0. The number of likely N-dealkylation sites (N-methyl/N-ethyl adjacent to an activating group) is 3. The number of rotatable bonds is 8.